The van der Waals surface area contributed by atoms with Gasteiger partial charge in [-0.05, 0) is 37.1 Å². The molecule has 0 bridgehead atoms. The van der Waals surface area contributed by atoms with Crippen molar-refractivity contribution in [3.05, 3.63) is 51.8 Å². The van der Waals surface area contributed by atoms with Crippen molar-refractivity contribution in [1.82, 2.24) is 9.97 Å². The Labute approximate surface area is 105 Å². The molecule has 1 heterocycles. The van der Waals surface area contributed by atoms with Gasteiger partial charge in [-0.2, -0.15) is 0 Å². The number of hydrogen-bond donors (Lipinski definition) is 1. The average molecular weight is 246 g/mol. The van der Waals surface area contributed by atoms with Gasteiger partial charge in [0, 0.05) is 18.1 Å². The van der Waals surface area contributed by atoms with Gasteiger partial charge in [0.25, 0.3) is 5.56 Å². The minimum absolute atomic E-state index is 0.176. The van der Waals surface area contributed by atoms with E-state index in [0.717, 1.165) is 18.4 Å². The van der Waals surface area contributed by atoms with Crippen molar-refractivity contribution in [3.8, 4) is 11.3 Å². The third-order valence-electron chi connectivity index (χ3n) is 2.73. The van der Waals surface area contributed by atoms with Gasteiger partial charge in [-0.3, -0.25) is 4.79 Å². The maximum Gasteiger partial charge on any atom is 0.251 e. The average Bonchev–Trinajstić information content (AvgIpc) is 2.32. The molecule has 1 aromatic heterocycles. The topological polar surface area (TPSA) is 45.8 Å². The Morgan fingerprint density at radius 3 is 2.78 bits per heavy atom. The minimum Gasteiger partial charge on any atom is -0.311 e. The number of nitrogens with zero attached hydrogens (tertiary/aromatic N) is 1. The van der Waals surface area contributed by atoms with E-state index in [2.05, 4.69) is 9.97 Å². The highest BCUT2D eigenvalue weighted by Crippen LogP contribution is 2.18. The Morgan fingerprint density at radius 2 is 2.11 bits per heavy atom. The highest BCUT2D eigenvalue weighted by Gasteiger charge is 2.05. The first-order valence-corrected chi connectivity index (χ1v) is 5.97. The number of aromatic nitrogens is 2. The molecule has 18 heavy (non-hydrogen) atoms. The van der Waals surface area contributed by atoms with E-state index in [4.69, 9.17) is 0 Å². The second-order valence-corrected chi connectivity index (χ2v) is 4.29. The molecular formula is C14H15FN2O. The van der Waals surface area contributed by atoms with E-state index in [1.54, 1.807) is 19.1 Å². The van der Waals surface area contributed by atoms with Crippen LogP contribution in [0.5, 0.6) is 0 Å². The van der Waals surface area contributed by atoms with Crippen molar-refractivity contribution in [2.24, 2.45) is 0 Å². The predicted molar refractivity (Wildman–Crippen MR) is 69.0 cm³/mol. The zero-order valence-electron chi connectivity index (χ0n) is 10.5. The van der Waals surface area contributed by atoms with E-state index < -0.39 is 0 Å². The highest BCUT2D eigenvalue weighted by atomic mass is 19.1. The maximum absolute atomic E-state index is 13.2. The molecule has 0 amide bonds. The molecule has 0 saturated heterocycles. The first-order chi connectivity index (χ1) is 8.60. The van der Waals surface area contributed by atoms with E-state index in [9.17, 15) is 9.18 Å². The predicted octanol–water partition coefficient (Wildman–Crippen LogP) is 2.84. The Morgan fingerprint density at radius 1 is 1.33 bits per heavy atom. The van der Waals surface area contributed by atoms with Crippen molar-refractivity contribution in [2.75, 3.05) is 0 Å². The first-order valence-electron chi connectivity index (χ1n) is 5.97. The summed E-state index contributed by atoms with van der Waals surface area (Å²) in [5.74, 6) is 0.416. The van der Waals surface area contributed by atoms with Gasteiger partial charge in [0.05, 0.1) is 5.69 Å². The quantitative estimate of drug-likeness (QED) is 0.905. The van der Waals surface area contributed by atoms with E-state index in [0.29, 0.717) is 17.1 Å². The lowest BCUT2D eigenvalue weighted by Gasteiger charge is -2.05. The van der Waals surface area contributed by atoms with Crippen molar-refractivity contribution < 1.29 is 4.39 Å². The second-order valence-electron chi connectivity index (χ2n) is 4.29. The maximum atomic E-state index is 13.2. The van der Waals surface area contributed by atoms with Crippen LogP contribution >= 0.6 is 0 Å². The van der Waals surface area contributed by atoms with Crippen molar-refractivity contribution in [2.45, 2.75) is 26.7 Å². The molecule has 0 aliphatic heterocycles. The molecule has 94 valence electrons. The molecule has 0 atom stereocenters. The molecule has 3 nitrogen and oxygen atoms in total. The van der Waals surface area contributed by atoms with Gasteiger partial charge in [-0.1, -0.05) is 6.92 Å². The lowest BCUT2D eigenvalue weighted by atomic mass is 10.1. The SMILES string of the molecule is CCCc1nc(-c2ccc(F)c(C)c2)cc(=O)[nH]1. The summed E-state index contributed by atoms with van der Waals surface area (Å²) >= 11 is 0. The smallest absolute Gasteiger partial charge is 0.251 e. The molecule has 0 spiro atoms. The summed E-state index contributed by atoms with van der Waals surface area (Å²) in [5.41, 5.74) is 1.72. The molecule has 1 N–H and O–H groups in total. The molecule has 0 aliphatic carbocycles. The zero-order chi connectivity index (χ0) is 13.1. The summed E-state index contributed by atoms with van der Waals surface area (Å²) in [6.07, 6.45) is 1.64. The summed E-state index contributed by atoms with van der Waals surface area (Å²) in [4.78, 5) is 18.6. The molecular weight excluding hydrogens is 231 g/mol. The van der Waals surface area contributed by atoms with Crippen LogP contribution in [-0.2, 0) is 6.42 Å². The number of halogens is 1. The molecule has 2 aromatic rings. The normalized spacial score (nSPS) is 10.6. The van der Waals surface area contributed by atoms with Gasteiger partial charge in [-0.25, -0.2) is 9.37 Å². The van der Waals surface area contributed by atoms with Crippen LogP contribution in [0.15, 0.2) is 29.1 Å². The van der Waals surface area contributed by atoms with Crippen LogP contribution in [0.2, 0.25) is 0 Å². The summed E-state index contributed by atoms with van der Waals surface area (Å²) in [6.45, 7) is 3.72. The van der Waals surface area contributed by atoms with Crippen LogP contribution in [0.25, 0.3) is 11.3 Å². The van der Waals surface area contributed by atoms with Crippen molar-refractivity contribution >= 4 is 0 Å². The fourth-order valence-electron chi connectivity index (χ4n) is 1.82. The van der Waals surface area contributed by atoms with E-state index in [-0.39, 0.29) is 11.4 Å². The molecule has 2 rings (SSSR count). The minimum atomic E-state index is -0.252. The van der Waals surface area contributed by atoms with Crippen LogP contribution < -0.4 is 5.56 Å². The molecule has 0 fully saturated rings. The number of nitrogens with one attached hydrogen (secondary N) is 1. The first kappa shape index (κ1) is 12.5. The van der Waals surface area contributed by atoms with Crippen molar-refractivity contribution in [3.63, 3.8) is 0 Å². The molecule has 0 unspecified atom stereocenters. The number of hydrogen-bond acceptors (Lipinski definition) is 2. The molecule has 1 aromatic carbocycles. The largest absolute Gasteiger partial charge is 0.311 e. The monoisotopic (exact) mass is 246 g/mol. The van der Waals surface area contributed by atoms with Gasteiger partial charge >= 0.3 is 0 Å². The summed E-state index contributed by atoms with van der Waals surface area (Å²) < 4.78 is 13.2. The third kappa shape index (κ3) is 2.64. The van der Waals surface area contributed by atoms with E-state index in [1.807, 2.05) is 6.92 Å². The second kappa shape index (κ2) is 5.12. The lowest BCUT2D eigenvalue weighted by molar-refractivity contribution is 0.618. The summed E-state index contributed by atoms with van der Waals surface area (Å²) in [7, 11) is 0. The molecule has 0 radical (unpaired) electrons. The van der Waals surface area contributed by atoms with Crippen LogP contribution in [-0.4, -0.2) is 9.97 Å². The fourth-order valence-corrected chi connectivity index (χ4v) is 1.82. The Bertz CT molecular complexity index is 619. The van der Waals surface area contributed by atoms with Crippen LogP contribution in [0.4, 0.5) is 4.39 Å². The number of benzene rings is 1. The van der Waals surface area contributed by atoms with Gasteiger partial charge in [0.2, 0.25) is 0 Å². The van der Waals surface area contributed by atoms with Gasteiger partial charge in [0.15, 0.2) is 0 Å². The molecule has 0 saturated carbocycles. The highest BCUT2D eigenvalue weighted by molar-refractivity contribution is 5.59. The third-order valence-corrected chi connectivity index (χ3v) is 2.73. The summed E-state index contributed by atoms with van der Waals surface area (Å²) in [6, 6.07) is 6.17. The number of aromatic amines is 1. The van der Waals surface area contributed by atoms with Crippen LogP contribution in [0.1, 0.15) is 24.7 Å². The lowest BCUT2D eigenvalue weighted by Crippen LogP contribution is -2.11. The van der Waals surface area contributed by atoms with Gasteiger partial charge < -0.3 is 4.98 Å². The number of rotatable bonds is 3. The standard InChI is InChI=1S/C14H15FN2O/c1-3-4-13-16-12(8-14(18)17-13)10-5-6-11(15)9(2)7-10/h5-8H,3-4H2,1-2H3,(H,16,17,18). The van der Waals surface area contributed by atoms with Gasteiger partial charge in [-0.15, -0.1) is 0 Å². The van der Waals surface area contributed by atoms with Crippen LogP contribution in [0, 0.1) is 12.7 Å². The Hall–Kier alpha value is -1.97. The number of H-pyrrole nitrogens is 1. The Kier molecular flexibility index (Phi) is 3.55. The molecule has 0 aliphatic rings. The Balaban J connectivity index is 2.49. The van der Waals surface area contributed by atoms with Gasteiger partial charge in [0.1, 0.15) is 11.6 Å². The molecule has 4 heteroatoms. The zero-order valence-corrected chi connectivity index (χ0v) is 10.5. The summed E-state index contributed by atoms with van der Waals surface area (Å²) in [5, 5.41) is 0. The fraction of sp³-hybridized carbons (Fsp3) is 0.286. The van der Waals surface area contributed by atoms with E-state index >= 15 is 0 Å². The van der Waals surface area contributed by atoms with Crippen LogP contribution in [0.3, 0.4) is 0 Å². The van der Waals surface area contributed by atoms with E-state index in [1.165, 1.54) is 12.1 Å². The van der Waals surface area contributed by atoms with Crippen molar-refractivity contribution in [1.29, 1.82) is 0 Å². The number of aryl methyl sites for hydroxylation is 2.